The van der Waals surface area contributed by atoms with Crippen molar-refractivity contribution in [2.24, 2.45) is 0 Å². The van der Waals surface area contributed by atoms with Crippen LogP contribution in [0.2, 0.25) is 0 Å². The van der Waals surface area contributed by atoms with Crippen LogP contribution in [0.1, 0.15) is 17.8 Å². The minimum absolute atomic E-state index is 0.0788. The number of fused-ring (bicyclic) bond motifs is 7. The molecule has 1 nitrogen and oxygen atoms in total. The standard InChI is InChI=1S/C52H32O/c1-2-14-34(15-3-1)49-43-18-6-8-20-45(43)50(46-21-9-7-19-44(46)49)38-30-28-35-31-37(29-27-36(35)32-38)40-22-11-25-47-51-42(24-12-26-48(51)53-52(40)47)41-23-10-16-33-13-4-5-17-39(33)41/h1-32H/i1D,2D,3D,6D,7D,8D,9D,14D,15D,18D,19D,20D,21D. The maximum atomic E-state index is 9.30. The zero-order valence-corrected chi connectivity index (χ0v) is 27.9. The molecule has 0 aliphatic heterocycles. The lowest BCUT2D eigenvalue weighted by Gasteiger charge is -2.18. The summed E-state index contributed by atoms with van der Waals surface area (Å²) in [6.07, 6.45) is 0. The van der Waals surface area contributed by atoms with E-state index >= 15 is 0 Å². The highest BCUT2D eigenvalue weighted by Crippen LogP contribution is 2.45. The van der Waals surface area contributed by atoms with Crippen molar-refractivity contribution >= 4 is 65.0 Å². The number of para-hydroxylation sites is 1. The fourth-order valence-corrected chi connectivity index (χ4v) is 7.87. The molecule has 0 saturated carbocycles. The van der Waals surface area contributed by atoms with Crippen molar-refractivity contribution < 1.29 is 22.2 Å². The summed E-state index contributed by atoms with van der Waals surface area (Å²) < 4.78 is 122. The molecule has 0 aliphatic carbocycles. The molecule has 0 unspecified atom stereocenters. The SMILES string of the molecule is [2H]c1c([2H])c([2H])c(-c2c3c([2H])c([2H])c([2H])c([2H])c3c(-c3ccc4cc(-c5cccc6c5oc5cccc(-c7cccc8ccccc78)c56)ccc4c3)c3c([2H])c([2H])c([2H])c([2H])c23)c([2H])c1[2H]. The summed E-state index contributed by atoms with van der Waals surface area (Å²) in [5.41, 5.74) is 5.05. The van der Waals surface area contributed by atoms with E-state index in [-0.39, 0.29) is 32.7 Å². The first-order chi connectivity index (χ1) is 31.7. The Morgan fingerprint density at radius 2 is 0.906 bits per heavy atom. The molecule has 11 aromatic rings. The van der Waals surface area contributed by atoms with Gasteiger partial charge in [-0.05, 0) is 100 Å². The van der Waals surface area contributed by atoms with Gasteiger partial charge in [0.05, 0.1) is 17.8 Å². The van der Waals surface area contributed by atoms with Crippen molar-refractivity contribution in [1.82, 2.24) is 0 Å². The Morgan fingerprint density at radius 1 is 0.358 bits per heavy atom. The first-order valence-corrected chi connectivity index (χ1v) is 17.2. The normalized spacial score (nSPS) is 15.2. The van der Waals surface area contributed by atoms with E-state index in [0.29, 0.717) is 10.9 Å². The van der Waals surface area contributed by atoms with Crippen molar-refractivity contribution in [3.8, 4) is 44.5 Å². The average Bonchev–Trinajstić information content (AvgIpc) is 3.73. The first-order valence-electron chi connectivity index (χ1n) is 23.7. The molecule has 0 atom stereocenters. The minimum Gasteiger partial charge on any atom is -0.455 e. The van der Waals surface area contributed by atoms with Crippen LogP contribution in [-0.2, 0) is 0 Å². The van der Waals surface area contributed by atoms with Crippen molar-refractivity contribution in [2.45, 2.75) is 0 Å². The van der Waals surface area contributed by atoms with Crippen molar-refractivity contribution in [1.29, 1.82) is 0 Å². The smallest absolute Gasteiger partial charge is 0.143 e. The molecule has 1 aromatic heterocycles. The van der Waals surface area contributed by atoms with Crippen LogP contribution in [0.25, 0.3) is 110 Å². The highest BCUT2D eigenvalue weighted by molar-refractivity contribution is 6.22. The Morgan fingerprint density at radius 3 is 1.66 bits per heavy atom. The fourth-order valence-electron chi connectivity index (χ4n) is 7.87. The fraction of sp³-hybridized carbons (Fsp3) is 0. The number of hydrogen-bond donors (Lipinski definition) is 0. The summed E-state index contributed by atoms with van der Waals surface area (Å²) in [7, 11) is 0. The predicted octanol–water partition coefficient (Wildman–Crippen LogP) is 14.9. The topological polar surface area (TPSA) is 13.1 Å². The van der Waals surface area contributed by atoms with Gasteiger partial charge in [-0.2, -0.15) is 0 Å². The second kappa shape index (κ2) is 11.8. The second-order valence-electron chi connectivity index (χ2n) is 13.0. The summed E-state index contributed by atoms with van der Waals surface area (Å²) in [6, 6.07) is 29.7. The van der Waals surface area contributed by atoms with Crippen LogP contribution in [0.15, 0.2) is 198 Å². The van der Waals surface area contributed by atoms with E-state index in [4.69, 9.17) is 16.8 Å². The van der Waals surface area contributed by atoms with Crippen LogP contribution in [0, 0.1) is 0 Å². The van der Waals surface area contributed by atoms with E-state index in [1.165, 1.54) is 0 Å². The quantitative estimate of drug-likeness (QED) is 0.168. The van der Waals surface area contributed by atoms with Crippen molar-refractivity contribution in [2.75, 3.05) is 0 Å². The molecule has 10 aromatic carbocycles. The van der Waals surface area contributed by atoms with E-state index < -0.39 is 84.1 Å². The summed E-state index contributed by atoms with van der Waals surface area (Å²) in [4.78, 5) is 0. The molecule has 0 amide bonds. The molecule has 53 heavy (non-hydrogen) atoms. The lowest BCUT2D eigenvalue weighted by molar-refractivity contribution is 0.670. The van der Waals surface area contributed by atoms with Crippen LogP contribution in [0.3, 0.4) is 0 Å². The third kappa shape index (κ3) is 4.64. The van der Waals surface area contributed by atoms with Crippen LogP contribution >= 0.6 is 0 Å². The Balaban J connectivity index is 1.16. The van der Waals surface area contributed by atoms with Gasteiger partial charge in [0.25, 0.3) is 0 Å². The zero-order valence-electron chi connectivity index (χ0n) is 40.9. The number of furan rings is 1. The molecular weight excluding hydrogens is 641 g/mol. The van der Waals surface area contributed by atoms with Crippen molar-refractivity contribution in [3.05, 3.63) is 194 Å². The molecule has 0 aliphatic rings. The van der Waals surface area contributed by atoms with Gasteiger partial charge in [-0.15, -0.1) is 0 Å². The molecule has 0 fully saturated rings. The molecule has 0 spiro atoms. The second-order valence-corrected chi connectivity index (χ2v) is 13.0. The highest BCUT2D eigenvalue weighted by Gasteiger charge is 2.19. The monoisotopic (exact) mass is 685 g/mol. The van der Waals surface area contributed by atoms with E-state index in [1.807, 2.05) is 60.7 Å². The molecule has 1 heterocycles. The van der Waals surface area contributed by atoms with Gasteiger partial charge < -0.3 is 4.42 Å². The van der Waals surface area contributed by atoms with E-state index in [0.717, 1.165) is 60.4 Å². The molecule has 0 saturated heterocycles. The largest absolute Gasteiger partial charge is 0.455 e. The number of hydrogen-bond acceptors (Lipinski definition) is 1. The molecule has 11 rings (SSSR count). The Kier molecular flexibility index (Phi) is 4.36. The molecule has 0 radical (unpaired) electrons. The van der Waals surface area contributed by atoms with Gasteiger partial charge >= 0.3 is 0 Å². The van der Waals surface area contributed by atoms with Crippen LogP contribution in [0.5, 0.6) is 0 Å². The number of rotatable bonds is 4. The first kappa shape index (κ1) is 19.6. The minimum atomic E-state index is -0.714. The molecule has 0 bridgehead atoms. The third-order valence-corrected chi connectivity index (χ3v) is 10.2. The maximum Gasteiger partial charge on any atom is 0.143 e. The zero-order chi connectivity index (χ0) is 46.2. The summed E-state index contributed by atoms with van der Waals surface area (Å²) in [6.45, 7) is 0. The van der Waals surface area contributed by atoms with Crippen LogP contribution in [-0.4, -0.2) is 0 Å². The number of benzene rings is 10. The lowest BCUT2D eigenvalue weighted by Crippen LogP contribution is -1.90. The molecule has 246 valence electrons. The van der Waals surface area contributed by atoms with Gasteiger partial charge in [0.1, 0.15) is 11.2 Å². The lowest BCUT2D eigenvalue weighted by atomic mass is 9.85. The van der Waals surface area contributed by atoms with E-state index in [2.05, 4.69) is 42.5 Å². The molecule has 0 N–H and O–H groups in total. The van der Waals surface area contributed by atoms with E-state index in [1.54, 1.807) is 12.1 Å². The van der Waals surface area contributed by atoms with Gasteiger partial charge in [-0.1, -0.05) is 176 Å². The maximum absolute atomic E-state index is 9.30. The van der Waals surface area contributed by atoms with Gasteiger partial charge in [0.15, 0.2) is 0 Å². The van der Waals surface area contributed by atoms with E-state index in [9.17, 15) is 5.48 Å². The summed E-state index contributed by atoms with van der Waals surface area (Å²) >= 11 is 0. The van der Waals surface area contributed by atoms with Crippen LogP contribution in [0.4, 0.5) is 0 Å². The van der Waals surface area contributed by atoms with Gasteiger partial charge in [0, 0.05) is 16.3 Å². The third-order valence-electron chi connectivity index (χ3n) is 10.2. The Labute approximate surface area is 325 Å². The Hall–Kier alpha value is -6.96. The Bertz CT molecular complexity index is 3870. The predicted molar refractivity (Wildman–Crippen MR) is 225 cm³/mol. The molecule has 1 heteroatoms. The van der Waals surface area contributed by atoms with Gasteiger partial charge in [-0.3, -0.25) is 0 Å². The van der Waals surface area contributed by atoms with Crippen LogP contribution < -0.4 is 0 Å². The van der Waals surface area contributed by atoms with Gasteiger partial charge in [0.2, 0.25) is 0 Å². The summed E-state index contributed by atoms with van der Waals surface area (Å²) in [5, 5.41) is 5.00. The summed E-state index contributed by atoms with van der Waals surface area (Å²) in [5.74, 6) is 0. The molecular formula is C52H32O. The average molecular weight is 686 g/mol. The van der Waals surface area contributed by atoms with Crippen molar-refractivity contribution in [3.63, 3.8) is 0 Å². The highest BCUT2D eigenvalue weighted by atomic mass is 16.3. The van der Waals surface area contributed by atoms with Gasteiger partial charge in [-0.25, -0.2) is 0 Å².